The molecule has 1 aliphatic carbocycles. The number of hydrogen-bond acceptors (Lipinski definition) is 2. The summed E-state index contributed by atoms with van der Waals surface area (Å²) < 4.78 is 5.54. The third kappa shape index (κ3) is 2.17. The Bertz CT molecular complexity index is 130. The predicted molar refractivity (Wildman–Crippen MR) is 42.3 cm³/mol. The third-order valence-corrected chi connectivity index (χ3v) is 2.63. The lowest BCUT2D eigenvalue weighted by atomic mass is 10.0. The molecule has 0 aromatic carbocycles. The molecule has 1 N–H and O–H groups in total. The minimum absolute atomic E-state index is 0.0903. The number of rotatable bonds is 2. The Balaban J connectivity index is 1.73. The molecule has 1 saturated heterocycles. The number of aliphatic hydroxyl groups excluding tert-OH is 1. The van der Waals surface area contributed by atoms with Crippen molar-refractivity contribution in [1.29, 1.82) is 0 Å². The van der Waals surface area contributed by atoms with Gasteiger partial charge in [-0.25, -0.2) is 0 Å². The Morgan fingerprint density at radius 1 is 1.27 bits per heavy atom. The fourth-order valence-corrected chi connectivity index (χ4v) is 1.75. The Morgan fingerprint density at radius 2 is 2.09 bits per heavy atom. The van der Waals surface area contributed by atoms with E-state index in [9.17, 15) is 5.11 Å². The highest BCUT2D eigenvalue weighted by Gasteiger charge is 2.29. The minimum Gasteiger partial charge on any atom is -0.393 e. The molecule has 2 unspecified atom stereocenters. The van der Waals surface area contributed by atoms with Gasteiger partial charge in [-0.15, -0.1) is 0 Å². The molecule has 0 radical (unpaired) electrons. The molecule has 0 amide bonds. The zero-order valence-electron chi connectivity index (χ0n) is 6.83. The van der Waals surface area contributed by atoms with Gasteiger partial charge < -0.3 is 9.84 Å². The second-order valence-electron chi connectivity index (χ2n) is 3.85. The van der Waals surface area contributed by atoms with Gasteiger partial charge in [0.25, 0.3) is 0 Å². The van der Waals surface area contributed by atoms with Crippen LogP contribution in [0.3, 0.4) is 0 Å². The molecule has 2 nitrogen and oxygen atoms in total. The molecule has 0 spiro atoms. The maximum Gasteiger partial charge on any atom is 0.0602 e. The molecular formula is C9H16O2. The topological polar surface area (TPSA) is 29.5 Å². The highest BCUT2D eigenvalue weighted by Crippen LogP contribution is 2.36. The molecule has 2 aliphatic rings. The molecule has 2 rings (SSSR count). The van der Waals surface area contributed by atoms with Gasteiger partial charge in [-0.1, -0.05) is 12.8 Å². The van der Waals surface area contributed by atoms with Crippen molar-refractivity contribution in [2.45, 2.75) is 44.3 Å². The maximum absolute atomic E-state index is 9.33. The van der Waals surface area contributed by atoms with Crippen molar-refractivity contribution in [3.63, 3.8) is 0 Å². The first-order chi connectivity index (χ1) is 5.34. The average molecular weight is 156 g/mol. The average Bonchev–Trinajstić information content (AvgIpc) is 2.71. The Morgan fingerprint density at radius 3 is 2.73 bits per heavy atom. The lowest BCUT2D eigenvalue weighted by Gasteiger charge is -2.26. The zero-order valence-corrected chi connectivity index (χ0v) is 6.83. The zero-order chi connectivity index (χ0) is 7.68. The van der Waals surface area contributed by atoms with Gasteiger partial charge in [-0.2, -0.15) is 0 Å². The molecule has 64 valence electrons. The number of aliphatic hydroxyl groups is 1. The van der Waals surface area contributed by atoms with Crippen LogP contribution >= 0.6 is 0 Å². The first-order valence-electron chi connectivity index (χ1n) is 4.64. The Labute approximate surface area is 67.6 Å². The summed E-state index contributed by atoms with van der Waals surface area (Å²) in [6, 6.07) is 0. The van der Waals surface area contributed by atoms with Crippen LogP contribution in [0.15, 0.2) is 0 Å². The standard InChI is InChI=1S/C9H16O2/c10-8-3-4-11-9(6-8)5-7-1-2-7/h7-10H,1-6H2. The van der Waals surface area contributed by atoms with Crippen LogP contribution in [0.2, 0.25) is 0 Å². The first-order valence-corrected chi connectivity index (χ1v) is 4.64. The van der Waals surface area contributed by atoms with E-state index in [0.717, 1.165) is 25.4 Å². The van der Waals surface area contributed by atoms with Crippen LogP contribution < -0.4 is 0 Å². The monoisotopic (exact) mass is 156 g/mol. The first kappa shape index (κ1) is 7.56. The maximum atomic E-state index is 9.33. The van der Waals surface area contributed by atoms with Crippen molar-refractivity contribution in [3.8, 4) is 0 Å². The van der Waals surface area contributed by atoms with E-state index in [4.69, 9.17) is 4.74 Å². The Hall–Kier alpha value is -0.0800. The summed E-state index contributed by atoms with van der Waals surface area (Å²) >= 11 is 0. The summed E-state index contributed by atoms with van der Waals surface area (Å²) in [5.74, 6) is 0.922. The summed E-state index contributed by atoms with van der Waals surface area (Å²) in [7, 11) is 0. The number of hydrogen-bond donors (Lipinski definition) is 1. The molecule has 0 bridgehead atoms. The summed E-state index contributed by atoms with van der Waals surface area (Å²) in [5, 5.41) is 9.33. The molecule has 2 fully saturated rings. The van der Waals surface area contributed by atoms with Gasteiger partial charge in [0.1, 0.15) is 0 Å². The van der Waals surface area contributed by atoms with Crippen molar-refractivity contribution in [3.05, 3.63) is 0 Å². The van der Waals surface area contributed by atoms with Crippen molar-refractivity contribution < 1.29 is 9.84 Å². The molecule has 2 heteroatoms. The summed E-state index contributed by atoms with van der Waals surface area (Å²) in [6.07, 6.45) is 5.94. The molecule has 0 aromatic heterocycles. The third-order valence-electron chi connectivity index (χ3n) is 2.63. The van der Waals surface area contributed by atoms with Gasteiger partial charge in [0.15, 0.2) is 0 Å². The van der Waals surface area contributed by atoms with E-state index in [2.05, 4.69) is 0 Å². The smallest absolute Gasteiger partial charge is 0.0602 e. The van der Waals surface area contributed by atoms with Gasteiger partial charge in [0, 0.05) is 6.61 Å². The summed E-state index contributed by atoms with van der Waals surface area (Å²) in [6.45, 7) is 0.762. The second kappa shape index (κ2) is 3.11. The fraction of sp³-hybridized carbons (Fsp3) is 1.00. The quantitative estimate of drug-likeness (QED) is 0.653. The van der Waals surface area contributed by atoms with Crippen LogP contribution in [-0.4, -0.2) is 23.9 Å². The van der Waals surface area contributed by atoms with Crippen LogP contribution in [-0.2, 0) is 4.74 Å². The van der Waals surface area contributed by atoms with Gasteiger partial charge in [0.05, 0.1) is 12.2 Å². The van der Waals surface area contributed by atoms with E-state index < -0.39 is 0 Å². The van der Waals surface area contributed by atoms with Crippen LogP contribution in [0.5, 0.6) is 0 Å². The van der Waals surface area contributed by atoms with E-state index >= 15 is 0 Å². The molecular weight excluding hydrogens is 140 g/mol. The second-order valence-corrected chi connectivity index (χ2v) is 3.85. The SMILES string of the molecule is OC1CCOC(CC2CC2)C1. The van der Waals surface area contributed by atoms with E-state index in [-0.39, 0.29) is 6.10 Å². The van der Waals surface area contributed by atoms with E-state index in [0.29, 0.717) is 6.10 Å². The Kier molecular flexibility index (Phi) is 2.14. The molecule has 11 heavy (non-hydrogen) atoms. The van der Waals surface area contributed by atoms with E-state index in [1.165, 1.54) is 19.3 Å². The predicted octanol–water partition coefficient (Wildman–Crippen LogP) is 1.33. The van der Waals surface area contributed by atoms with Crippen LogP contribution in [0.4, 0.5) is 0 Å². The molecule has 1 saturated carbocycles. The molecule has 1 heterocycles. The van der Waals surface area contributed by atoms with Crippen molar-refractivity contribution in [2.75, 3.05) is 6.61 Å². The highest BCUT2D eigenvalue weighted by molar-refractivity contribution is 4.80. The molecule has 0 aromatic rings. The molecule has 2 atom stereocenters. The van der Waals surface area contributed by atoms with Crippen molar-refractivity contribution in [1.82, 2.24) is 0 Å². The molecule has 1 aliphatic heterocycles. The van der Waals surface area contributed by atoms with Gasteiger partial charge in [0.2, 0.25) is 0 Å². The lowest BCUT2D eigenvalue weighted by molar-refractivity contribution is -0.0483. The van der Waals surface area contributed by atoms with Crippen LogP contribution in [0, 0.1) is 5.92 Å². The summed E-state index contributed by atoms with van der Waals surface area (Å²) in [5.41, 5.74) is 0. The fourth-order valence-electron chi connectivity index (χ4n) is 1.75. The van der Waals surface area contributed by atoms with Crippen molar-refractivity contribution >= 4 is 0 Å². The number of ether oxygens (including phenoxy) is 1. The van der Waals surface area contributed by atoms with Crippen molar-refractivity contribution in [2.24, 2.45) is 5.92 Å². The summed E-state index contributed by atoms with van der Waals surface area (Å²) in [4.78, 5) is 0. The van der Waals surface area contributed by atoms with E-state index in [1.807, 2.05) is 0 Å². The normalized spacial score (nSPS) is 39.0. The van der Waals surface area contributed by atoms with E-state index in [1.54, 1.807) is 0 Å². The van der Waals surface area contributed by atoms with Gasteiger partial charge in [-0.3, -0.25) is 0 Å². The van der Waals surface area contributed by atoms with Gasteiger partial charge in [-0.05, 0) is 25.2 Å². The van der Waals surface area contributed by atoms with Crippen LogP contribution in [0.25, 0.3) is 0 Å². The largest absolute Gasteiger partial charge is 0.393 e. The highest BCUT2D eigenvalue weighted by atomic mass is 16.5. The van der Waals surface area contributed by atoms with Crippen LogP contribution in [0.1, 0.15) is 32.1 Å². The van der Waals surface area contributed by atoms with Gasteiger partial charge >= 0.3 is 0 Å². The minimum atomic E-state index is -0.0903. The lowest BCUT2D eigenvalue weighted by Crippen LogP contribution is -2.29.